The molecule has 5 aromatic rings. The Bertz CT molecular complexity index is 2330. The summed E-state index contributed by atoms with van der Waals surface area (Å²) < 4.78 is 30.4. The number of aliphatic hydroxyl groups excluding tert-OH is 1. The molecule has 0 fully saturated rings. The molecule has 0 radical (unpaired) electrons. The number of rotatable bonds is 9. The largest absolute Gasteiger partial charge is 0.483 e. The van der Waals surface area contributed by atoms with Gasteiger partial charge in [0.05, 0.1) is 12.2 Å². The third kappa shape index (κ3) is 9.60. The molecule has 9 nitrogen and oxygen atoms in total. The van der Waals surface area contributed by atoms with Crippen molar-refractivity contribution in [3.05, 3.63) is 158 Å². The zero-order valence-electron chi connectivity index (χ0n) is 33.8. The molecular weight excluding hydrogens is 733 g/mol. The Balaban J connectivity index is 1.24. The summed E-state index contributed by atoms with van der Waals surface area (Å²) in [6.45, 7) is 7.04. The monoisotopic (exact) mass is 784 g/mol. The van der Waals surface area contributed by atoms with Gasteiger partial charge >= 0.3 is 17.6 Å². The number of benzene rings is 4. The molecule has 3 unspecified atom stereocenters. The van der Waals surface area contributed by atoms with Gasteiger partial charge in [-0.3, -0.25) is 4.79 Å². The predicted molar refractivity (Wildman–Crippen MR) is 222 cm³/mol. The van der Waals surface area contributed by atoms with E-state index >= 15 is 0 Å². The smallest absolute Gasteiger partial charge is 0.339 e. The normalized spacial score (nSPS) is 19.5. The first-order valence-corrected chi connectivity index (χ1v) is 20.2. The van der Waals surface area contributed by atoms with E-state index in [1.165, 1.54) is 16.7 Å². The molecule has 2 bridgehead atoms. The summed E-state index contributed by atoms with van der Waals surface area (Å²) in [7, 11) is 0. The number of hydrogen-bond acceptors (Lipinski definition) is 9. The Morgan fingerprint density at radius 1 is 0.793 bits per heavy atom. The van der Waals surface area contributed by atoms with E-state index in [-0.39, 0.29) is 30.9 Å². The minimum atomic E-state index is -1.15. The van der Waals surface area contributed by atoms with Crippen LogP contribution in [0.4, 0.5) is 0 Å². The molecule has 3 atom stereocenters. The highest BCUT2D eigenvalue weighted by atomic mass is 16.6. The summed E-state index contributed by atoms with van der Waals surface area (Å²) in [6.07, 6.45) is 2.24. The zero-order chi connectivity index (χ0) is 40.8. The summed E-state index contributed by atoms with van der Waals surface area (Å²) in [5, 5.41) is 9.66. The molecule has 0 saturated heterocycles. The van der Waals surface area contributed by atoms with E-state index in [4.69, 9.17) is 28.5 Å². The van der Waals surface area contributed by atoms with Crippen molar-refractivity contribution in [2.75, 3.05) is 13.4 Å². The van der Waals surface area contributed by atoms with E-state index in [9.17, 15) is 14.4 Å². The number of hydrogen-bond donors (Lipinski definition) is 1. The van der Waals surface area contributed by atoms with Gasteiger partial charge in [-0.1, -0.05) is 84.4 Å². The molecule has 1 aromatic heterocycles. The van der Waals surface area contributed by atoms with Crippen LogP contribution in [-0.4, -0.2) is 42.1 Å². The third-order valence-corrected chi connectivity index (χ3v) is 11.3. The van der Waals surface area contributed by atoms with Gasteiger partial charge in [0.1, 0.15) is 23.7 Å². The number of fused-ring (bicyclic) bond motifs is 13. The van der Waals surface area contributed by atoms with Gasteiger partial charge in [0.2, 0.25) is 0 Å². The number of ether oxygens (including phenoxy) is 4. The Labute approximate surface area is 339 Å². The summed E-state index contributed by atoms with van der Waals surface area (Å²) in [5.41, 5.74) is 6.44. The van der Waals surface area contributed by atoms with Crippen LogP contribution in [0.2, 0.25) is 0 Å². The first-order valence-electron chi connectivity index (χ1n) is 20.2. The lowest BCUT2D eigenvalue weighted by Crippen LogP contribution is -2.52. The van der Waals surface area contributed by atoms with Crippen LogP contribution in [0, 0.1) is 5.92 Å². The Kier molecular flexibility index (Phi) is 12.6. The molecule has 58 heavy (non-hydrogen) atoms. The van der Waals surface area contributed by atoms with Crippen molar-refractivity contribution >= 4 is 22.9 Å². The summed E-state index contributed by atoms with van der Waals surface area (Å²) >= 11 is 0. The van der Waals surface area contributed by atoms with Gasteiger partial charge in [-0.25, -0.2) is 9.59 Å². The van der Waals surface area contributed by atoms with Gasteiger partial charge < -0.3 is 28.5 Å². The molecule has 9 heteroatoms. The lowest BCUT2D eigenvalue weighted by Gasteiger charge is -2.43. The maximum absolute atomic E-state index is 14.4. The van der Waals surface area contributed by atoms with Crippen molar-refractivity contribution in [3.8, 4) is 5.75 Å². The molecule has 1 N–H and O–H groups in total. The number of carbonyl (C=O) groups is 2. The predicted octanol–water partition coefficient (Wildman–Crippen LogP) is 8.72. The van der Waals surface area contributed by atoms with Gasteiger partial charge in [0.15, 0.2) is 12.2 Å². The van der Waals surface area contributed by atoms with Crippen LogP contribution < -0.4 is 10.4 Å². The second kappa shape index (κ2) is 18.0. The lowest BCUT2D eigenvalue weighted by atomic mass is 9.86. The van der Waals surface area contributed by atoms with Crippen molar-refractivity contribution in [1.82, 2.24) is 0 Å². The molecule has 4 aromatic carbocycles. The van der Waals surface area contributed by atoms with Gasteiger partial charge in [-0.2, -0.15) is 0 Å². The number of allylic oxidation sites excluding steroid dienone is 1. The molecule has 3 aliphatic rings. The average Bonchev–Trinajstić information content (AvgIpc) is 3.19. The van der Waals surface area contributed by atoms with Gasteiger partial charge in [-0.15, -0.1) is 0 Å². The third-order valence-electron chi connectivity index (χ3n) is 11.3. The molecule has 302 valence electrons. The number of aliphatic hydroxyl groups is 1. The number of carbonyl (C=O) groups excluding carboxylic acids is 2. The van der Waals surface area contributed by atoms with Crippen LogP contribution in [0.25, 0.3) is 11.0 Å². The fraction of sp³-hybridized carbons (Fsp3) is 0.367. The summed E-state index contributed by atoms with van der Waals surface area (Å²) in [5.74, 6) is -0.676. The Morgan fingerprint density at radius 2 is 1.53 bits per heavy atom. The molecule has 4 heterocycles. The van der Waals surface area contributed by atoms with Crippen LogP contribution in [0.5, 0.6) is 5.75 Å². The fourth-order valence-electron chi connectivity index (χ4n) is 8.18. The van der Waals surface area contributed by atoms with E-state index < -0.39 is 42.2 Å². The van der Waals surface area contributed by atoms with Crippen molar-refractivity contribution in [2.45, 2.75) is 96.9 Å². The molecule has 0 aliphatic carbocycles. The highest BCUT2D eigenvalue weighted by Crippen LogP contribution is 2.47. The zero-order valence-corrected chi connectivity index (χ0v) is 33.8. The van der Waals surface area contributed by atoms with E-state index in [2.05, 4.69) is 72.8 Å². The Morgan fingerprint density at radius 3 is 2.29 bits per heavy atom. The van der Waals surface area contributed by atoms with Crippen molar-refractivity contribution in [1.29, 1.82) is 0 Å². The van der Waals surface area contributed by atoms with E-state index in [0.717, 1.165) is 36.0 Å². The summed E-state index contributed by atoms with van der Waals surface area (Å²) in [6, 6.07) is 32.7. The van der Waals surface area contributed by atoms with Crippen LogP contribution in [0.1, 0.15) is 92.0 Å². The van der Waals surface area contributed by atoms with Gasteiger partial charge in [-0.05, 0) is 118 Å². The Hall–Kier alpha value is -5.51. The van der Waals surface area contributed by atoms with Crippen molar-refractivity contribution in [3.63, 3.8) is 0 Å². The van der Waals surface area contributed by atoms with Crippen LogP contribution in [0.3, 0.4) is 0 Å². The van der Waals surface area contributed by atoms with E-state index in [0.29, 0.717) is 47.1 Å². The minimum absolute atomic E-state index is 0.0659. The molecule has 0 spiro atoms. The topological polar surface area (TPSA) is 122 Å². The van der Waals surface area contributed by atoms with Gasteiger partial charge in [0, 0.05) is 29.4 Å². The van der Waals surface area contributed by atoms with E-state index in [1.807, 2.05) is 19.9 Å². The van der Waals surface area contributed by atoms with Gasteiger partial charge in [0.25, 0.3) is 0 Å². The maximum Gasteiger partial charge on any atom is 0.339 e. The van der Waals surface area contributed by atoms with Crippen molar-refractivity contribution < 1.29 is 38.1 Å². The molecule has 0 amide bonds. The number of aryl methyl sites for hydroxylation is 2. The highest BCUT2D eigenvalue weighted by Gasteiger charge is 2.50. The molecule has 3 aliphatic heterocycles. The minimum Gasteiger partial charge on any atom is -0.483 e. The lowest BCUT2D eigenvalue weighted by molar-refractivity contribution is -0.188. The number of esters is 2. The second-order valence-electron chi connectivity index (χ2n) is 16.3. The standard InChI is InChI=1S/C49H52O9/c1-31(2)40-21-19-32-13-15-35(16-14-32)27-37(18-17-34-11-8-12-36(26-34)25-33-9-6-5-7-10-33)28-42(51)55-45-43-41(58-49(3,4)46(45)57-48(40)53)22-20-38-29-39(23-24-54-30-50)47(52)56-44(38)43/h5-16,20,22,26,29,37,45-46,50H,17-19,21,23-25,27-28,30H2,1-4H3. The van der Waals surface area contributed by atoms with E-state index in [1.54, 1.807) is 32.0 Å². The highest BCUT2D eigenvalue weighted by molar-refractivity contribution is 5.90. The second-order valence-corrected chi connectivity index (χ2v) is 16.3. The molecule has 8 rings (SSSR count). The molecular formula is C49H52O9. The average molecular weight is 785 g/mol. The quantitative estimate of drug-likeness (QED) is 0.0514. The van der Waals surface area contributed by atoms with Crippen molar-refractivity contribution in [2.24, 2.45) is 5.92 Å². The van der Waals surface area contributed by atoms with Crippen LogP contribution in [0.15, 0.2) is 117 Å². The molecule has 0 saturated carbocycles. The fourth-order valence-corrected chi connectivity index (χ4v) is 8.18. The van der Waals surface area contributed by atoms with Crippen LogP contribution >= 0.6 is 0 Å². The SMILES string of the molecule is CC(C)=C1CCc2ccc(cc2)CC(CCc2cccc(Cc3ccccc3)c2)CC(=O)OC2c3c(ccc4cc(CCOCO)c(=O)oc34)OC(C)(C)C2OC1=O. The first-order chi connectivity index (χ1) is 28.0. The summed E-state index contributed by atoms with van der Waals surface area (Å²) in [4.78, 5) is 41.9. The maximum atomic E-state index is 14.4. The first kappa shape index (κ1) is 40.7. The van der Waals surface area contributed by atoms with Crippen LogP contribution in [-0.2, 0) is 55.9 Å².